The third kappa shape index (κ3) is 7.86. The van der Waals surface area contributed by atoms with Crippen LogP contribution in [0.25, 0.3) is 0 Å². The Morgan fingerprint density at radius 2 is 1.73 bits per heavy atom. The molecule has 0 rings (SSSR count). The summed E-state index contributed by atoms with van der Waals surface area (Å²) in [5.41, 5.74) is 1.08. The number of alkyl halides is 1. The van der Waals surface area contributed by atoms with Crippen molar-refractivity contribution in [2.24, 2.45) is 5.92 Å². The van der Waals surface area contributed by atoms with Gasteiger partial charge in [0.2, 0.25) is 0 Å². The zero-order valence-corrected chi connectivity index (χ0v) is 10.1. The Morgan fingerprint density at radius 1 is 1.27 bits per heavy atom. The first-order valence-corrected chi connectivity index (χ1v) is 5.14. The van der Waals surface area contributed by atoms with Gasteiger partial charge in [0.25, 0.3) is 0 Å². The molecule has 0 aromatic rings. The van der Waals surface area contributed by atoms with Crippen LogP contribution in [-0.2, 0) is 4.79 Å². The van der Waals surface area contributed by atoms with Crippen LogP contribution in [0.3, 0.4) is 0 Å². The molecular formula is C13H21FO. The summed E-state index contributed by atoms with van der Waals surface area (Å²) in [4.78, 5) is 10.7. The summed E-state index contributed by atoms with van der Waals surface area (Å²) in [6, 6.07) is 0. The minimum Gasteiger partial charge on any atom is -0.291 e. The normalized spacial score (nSPS) is 9.73. The summed E-state index contributed by atoms with van der Waals surface area (Å²) in [6.07, 6.45) is 3.20. The molecule has 0 heterocycles. The third-order valence-corrected chi connectivity index (χ3v) is 1.72. The highest BCUT2D eigenvalue weighted by molar-refractivity contribution is 5.98. The van der Waals surface area contributed by atoms with Crippen LogP contribution in [0.1, 0.15) is 27.7 Å². The smallest absolute Gasteiger partial charge is 0.193 e. The molecule has 0 unspecified atom stereocenters. The van der Waals surface area contributed by atoms with E-state index in [1.54, 1.807) is 6.08 Å². The largest absolute Gasteiger partial charge is 0.291 e. The number of rotatable bonds is 5. The molecule has 0 radical (unpaired) electrons. The van der Waals surface area contributed by atoms with Crippen molar-refractivity contribution in [3.05, 3.63) is 36.5 Å². The van der Waals surface area contributed by atoms with Gasteiger partial charge in [-0.2, -0.15) is 0 Å². The second-order valence-corrected chi connectivity index (χ2v) is 3.14. The van der Waals surface area contributed by atoms with E-state index in [1.807, 2.05) is 27.7 Å². The average molecular weight is 212 g/mol. The van der Waals surface area contributed by atoms with Gasteiger partial charge in [0, 0.05) is 5.57 Å². The van der Waals surface area contributed by atoms with E-state index in [2.05, 4.69) is 13.2 Å². The number of hydrogen-bond acceptors (Lipinski definition) is 1. The van der Waals surface area contributed by atoms with E-state index in [1.165, 1.54) is 6.08 Å². The van der Waals surface area contributed by atoms with Crippen LogP contribution in [-0.4, -0.2) is 12.5 Å². The molecule has 0 aliphatic rings. The first-order chi connectivity index (χ1) is 6.99. The number of allylic oxidation sites excluding steroid dienone is 4. The van der Waals surface area contributed by atoms with E-state index in [9.17, 15) is 9.18 Å². The number of ketones is 1. The quantitative estimate of drug-likeness (QED) is 0.499. The van der Waals surface area contributed by atoms with E-state index in [4.69, 9.17) is 0 Å². The Hall–Kier alpha value is -1.18. The standard InChI is InChI=1S/C11H15FO.C2H6/c1-8(2)9(3)5-6-10(4)11(13)7-12;1-2/h5-6,8H,3-4,7H2,1-2H3;1-2H3/b6-5-;. The van der Waals surface area contributed by atoms with E-state index in [-0.39, 0.29) is 5.57 Å². The lowest BCUT2D eigenvalue weighted by atomic mass is 10.0. The number of carbonyl (C=O) groups is 1. The molecule has 0 aliphatic heterocycles. The number of halogens is 1. The highest BCUT2D eigenvalue weighted by Crippen LogP contribution is 2.09. The van der Waals surface area contributed by atoms with Crippen LogP contribution in [0, 0.1) is 5.92 Å². The SMILES string of the molecule is C=C(/C=C\C(=C)C(C)C)C(=O)CF.CC. The molecule has 86 valence electrons. The molecule has 0 aromatic carbocycles. The Morgan fingerprint density at radius 3 is 2.07 bits per heavy atom. The highest BCUT2D eigenvalue weighted by atomic mass is 19.1. The van der Waals surface area contributed by atoms with Crippen molar-refractivity contribution in [3.63, 3.8) is 0 Å². The van der Waals surface area contributed by atoms with Crippen molar-refractivity contribution in [1.82, 2.24) is 0 Å². The molecule has 1 nitrogen and oxygen atoms in total. The van der Waals surface area contributed by atoms with Gasteiger partial charge in [0.05, 0.1) is 0 Å². The fraction of sp³-hybridized carbons (Fsp3) is 0.462. The second kappa shape index (κ2) is 9.38. The van der Waals surface area contributed by atoms with Crippen LogP contribution in [0.4, 0.5) is 4.39 Å². The first kappa shape index (κ1) is 16.3. The number of hydrogen-bond donors (Lipinski definition) is 0. The lowest BCUT2D eigenvalue weighted by Crippen LogP contribution is -2.01. The molecule has 0 aromatic heterocycles. The molecule has 15 heavy (non-hydrogen) atoms. The molecule has 0 spiro atoms. The average Bonchev–Trinajstić information content (AvgIpc) is 2.26. The first-order valence-electron chi connectivity index (χ1n) is 5.14. The summed E-state index contributed by atoms with van der Waals surface area (Å²) < 4.78 is 11.9. The van der Waals surface area contributed by atoms with Crippen molar-refractivity contribution in [1.29, 1.82) is 0 Å². The van der Waals surface area contributed by atoms with Crippen molar-refractivity contribution in [2.75, 3.05) is 6.67 Å². The van der Waals surface area contributed by atoms with Gasteiger partial charge in [-0.15, -0.1) is 0 Å². The Labute approximate surface area is 92.4 Å². The van der Waals surface area contributed by atoms with E-state index < -0.39 is 12.5 Å². The van der Waals surface area contributed by atoms with Crippen LogP contribution in [0.5, 0.6) is 0 Å². The van der Waals surface area contributed by atoms with Crippen LogP contribution >= 0.6 is 0 Å². The third-order valence-electron chi connectivity index (χ3n) is 1.72. The molecule has 0 bridgehead atoms. The second-order valence-electron chi connectivity index (χ2n) is 3.14. The van der Waals surface area contributed by atoms with Gasteiger partial charge in [-0.25, -0.2) is 4.39 Å². The summed E-state index contributed by atoms with van der Waals surface area (Å²) in [6.45, 7) is 14.2. The molecule has 2 heteroatoms. The Bertz CT molecular complexity index is 249. The molecule has 0 fully saturated rings. The van der Waals surface area contributed by atoms with Crippen LogP contribution in [0.15, 0.2) is 36.5 Å². The van der Waals surface area contributed by atoms with E-state index in [0.717, 1.165) is 5.57 Å². The zero-order chi connectivity index (χ0) is 12.4. The number of Topliss-reactive ketones (excluding diaryl/α,β-unsaturated/α-hetero) is 1. The van der Waals surface area contributed by atoms with Crippen molar-refractivity contribution < 1.29 is 9.18 Å². The summed E-state index contributed by atoms with van der Waals surface area (Å²) in [5.74, 6) is -0.252. The van der Waals surface area contributed by atoms with Crippen LogP contribution < -0.4 is 0 Å². The van der Waals surface area contributed by atoms with Gasteiger partial charge in [-0.1, -0.05) is 58.6 Å². The Kier molecular flexibility index (Phi) is 10.2. The van der Waals surface area contributed by atoms with Crippen molar-refractivity contribution in [3.8, 4) is 0 Å². The summed E-state index contributed by atoms with van der Waals surface area (Å²) in [7, 11) is 0. The minimum atomic E-state index is -0.989. The van der Waals surface area contributed by atoms with Gasteiger partial charge < -0.3 is 0 Å². The lowest BCUT2D eigenvalue weighted by Gasteiger charge is -2.02. The molecule has 0 saturated carbocycles. The van der Waals surface area contributed by atoms with Crippen LogP contribution in [0.2, 0.25) is 0 Å². The van der Waals surface area contributed by atoms with Gasteiger partial charge in [0.15, 0.2) is 12.5 Å². The van der Waals surface area contributed by atoms with Crippen molar-refractivity contribution >= 4 is 5.78 Å². The number of carbonyl (C=O) groups excluding carboxylic acids is 1. The van der Waals surface area contributed by atoms with Gasteiger partial charge in [0.1, 0.15) is 0 Å². The topological polar surface area (TPSA) is 17.1 Å². The highest BCUT2D eigenvalue weighted by Gasteiger charge is 2.02. The molecule has 0 amide bonds. The van der Waals surface area contributed by atoms with Gasteiger partial charge >= 0.3 is 0 Å². The predicted molar refractivity (Wildman–Crippen MR) is 64.6 cm³/mol. The zero-order valence-electron chi connectivity index (χ0n) is 10.1. The molecular weight excluding hydrogens is 191 g/mol. The maximum Gasteiger partial charge on any atom is 0.193 e. The molecule has 0 N–H and O–H groups in total. The van der Waals surface area contributed by atoms with E-state index >= 15 is 0 Å². The van der Waals surface area contributed by atoms with E-state index in [0.29, 0.717) is 5.92 Å². The lowest BCUT2D eigenvalue weighted by molar-refractivity contribution is -0.116. The maximum absolute atomic E-state index is 11.9. The van der Waals surface area contributed by atoms with Gasteiger partial charge in [-0.05, 0) is 5.92 Å². The molecule has 0 aliphatic carbocycles. The fourth-order valence-electron chi connectivity index (χ4n) is 0.579. The van der Waals surface area contributed by atoms with Gasteiger partial charge in [-0.3, -0.25) is 4.79 Å². The summed E-state index contributed by atoms with van der Waals surface area (Å²) in [5, 5.41) is 0. The minimum absolute atomic E-state index is 0.185. The molecule has 0 atom stereocenters. The maximum atomic E-state index is 11.9. The Balaban J connectivity index is 0. The fourth-order valence-corrected chi connectivity index (χ4v) is 0.579. The summed E-state index contributed by atoms with van der Waals surface area (Å²) >= 11 is 0. The van der Waals surface area contributed by atoms with Crippen molar-refractivity contribution in [2.45, 2.75) is 27.7 Å². The molecule has 0 saturated heterocycles. The monoisotopic (exact) mass is 212 g/mol. The predicted octanol–water partition coefficient (Wildman–Crippen LogP) is 3.88.